The van der Waals surface area contributed by atoms with Crippen LogP contribution in [0.15, 0.2) is 16.9 Å². The number of nitrogens with two attached hydrogens (primary N) is 1. The van der Waals surface area contributed by atoms with E-state index in [4.69, 9.17) is 10.5 Å². The number of rotatable bonds is 4. The third kappa shape index (κ3) is 4.43. The Kier molecular flexibility index (Phi) is 6.40. The quantitative estimate of drug-likeness (QED) is 0.809. The molecule has 126 valence electrons. The number of thiazole rings is 1. The van der Waals surface area contributed by atoms with Crippen LogP contribution in [0.1, 0.15) is 4.88 Å². The van der Waals surface area contributed by atoms with E-state index in [-0.39, 0.29) is 12.4 Å². The molecule has 3 heterocycles. The molecule has 7 nitrogen and oxygen atoms in total. The Morgan fingerprint density at radius 3 is 2.61 bits per heavy atom. The van der Waals surface area contributed by atoms with Crippen molar-refractivity contribution in [3.63, 3.8) is 0 Å². The average molecular weight is 422 g/mol. The highest BCUT2D eigenvalue weighted by Gasteiger charge is 2.20. The lowest BCUT2D eigenvalue weighted by Crippen LogP contribution is -2.46. The molecule has 10 heteroatoms. The van der Waals surface area contributed by atoms with Crippen molar-refractivity contribution in [3.8, 4) is 5.88 Å². The topological polar surface area (TPSA) is 80.4 Å². The summed E-state index contributed by atoms with van der Waals surface area (Å²) < 4.78 is 5.99. The summed E-state index contributed by atoms with van der Waals surface area (Å²) in [6, 6.07) is 0. The van der Waals surface area contributed by atoms with Gasteiger partial charge in [-0.05, 0) is 15.9 Å². The first-order valence-electron chi connectivity index (χ1n) is 6.89. The summed E-state index contributed by atoms with van der Waals surface area (Å²) >= 11 is 4.92. The second-order valence-electron chi connectivity index (χ2n) is 4.96. The molecule has 0 amide bonds. The molecule has 2 aromatic rings. The van der Waals surface area contributed by atoms with Gasteiger partial charge in [0.25, 0.3) is 0 Å². The van der Waals surface area contributed by atoms with Crippen LogP contribution in [-0.4, -0.2) is 53.1 Å². The molecule has 0 unspecified atom stereocenters. The van der Waals surface area contributed by atoms with Gasteiger partial charge in [0.1, 0.15) is 0 Å². The second kappa shape index (κ2) is 8.09. The third-order valence-electron chi connectivity index (χ3n) is 3.50. The molecular weight excluding hydrogens is 404 g/mol. The van der Waals surface area contributed by atoms with Crippen molar-refractivity contribution < 1.29 is 4.74 Å². The summed E-state index contributed by atoms with van der Waals surface area (Å²) in [6.07, 6.45) is 3.59. The van der Waals surface area contributed by atoms with Crippen LogP contribution < -0.4 is 15.4 Å². The summed E-state index contributed by atoms with van der Waals surface area (Å²) in [5, 5.41) is 0.629. The van der Waals surface area contributed by atoms with Gasteiger partial charge in [-0.15, -0.1) is 23.7 Å². The average Bonchev–Trinajstić information content (AvgIpc) is 2.94. The molecule has 1 saturated heterocycles. The van der Waals surface area contributed by atoms with Gasteiger partial charge in [0.05, 0.1) is 17.8 Å². The molecule has 0 aliphatic carbocycles. The van der Waals surface area contributed by atoms with Crippen LogP contribution in [0.4, 0.5) is 11.1 Å². The zero-order valence-corrected chi connectivity index (χ0v) is 15.8. The molecule has 2 aromatic heterocycles. The van der Waals surface area contributed by atoms with Gasteiger partial charge in [-0.1, -0.05) is 0 Å². The van der Waals surface area contributed by atoms with Gasteiger partial charge in [0.15, 0.2) is 5.13 Å². The first-order chi connectivity index (χ1) is 10.7. The Morgan fingerprint density at radius 2 is 2.00 bits per heavy atom. The van der Waals surface area contributed by atoms with E-state index < -0.39 is 0 Å². The molecule has 3 rings (SSSR count). The van der Waals surface area contributed by atoms with E-state index in [2.05, 4.69) is 40.7 Å². The van der Waals surface area contributed by atoms with E-state index in [0.717, 1.165) is 37.2 Å². The highest BCUT2D eigenvalue weighted by atomic mass is 79.9. The molecule has 1 fully saturated rings. The number of methoxy groups -OCH3 is 1. The van der Waals surface area contributed by atoms with Crippen LogP contribution in [-0.2, 0) is 6.54 Å². The number of nitrogens with zero attached hydrogens (tertiary/aromatic N) is 5. The van der Waals surface area contributed by atoms with E-state index in [9.17, 15) is 0 Å². The monoisotopic (exact) mass is 420 g/mol. The first-order valence-corrected chi connectivity index (χ1v) is 8.50. The van der Waals surface area contributed by atoms with E-state index in [1.165, 1.54) is 4.88 Å². The Balaban J connectivity index is 0.00000192. The number of nitrogen functional groups attached to an aromatic ring is 1. The number of anilines is 2. The minimum Gasteiger partial charge on any atom is -0.480 e. The van der Waals surface area contributed by atoms with Crippen LogP contribution in [0.2, 0.25) is 0 Å². The smallest absolute Gasteiger partial charge is 0.232 e. The zero-order chi connectivity index (χ0) is 15.5. The molecule has 1 aliphatic heterocycles. The summed E-state index contributed by atoms with van der Waals surface area (Å²) in [6.45, 7) is 4.59. The number of ether oxygens (including phenoxy) is 1. The summed E-state index contributed by atoms with van der Waals surface area (Å²) in [5.41, 5.74) is 5.67. The molecule has 0 radical (unpaired) electrons. The predicted octanol–water partition coefficient (Wildman–Crippen LogP) is 2.03. The standard InChI is InChI=1S/C13H17BrN6OS.ClH/c1-21-11-10(14)7-17-13(18-11)20-4-2-19(3-5-20)8-9-6-16-12(15)22-9;/h6-7H,2-5,8H2,1H3,(H2,15,16);1H. The van der Waals surface area contributed by atoms with E-state index in [1.807, 2.05) is 6.20 Å². The maximum Gasteiger partial charge on any atom is 0.232 e. The normalized spacial score (nSPS) is 15.3. The Morgan fingerprint density at radius 1 is 1.26 bits per heavy atom. The van der Waals surface area contributed by atoms with Gasteiger partial charge in [0, 0.05) is 43.8 Å². The van der Waals surface area contributed by atoms with Crippen molar-refractivity contribution in [2.24, 2.45) is 0 Å². The number of aromatic nitrogens is 3. The highest BCUT2D eigenvalue weighted by molar-refractivity contribution is 9.10. The molecule has 1 aliphatic rings. The number of hydrogen-bond acceptors (Lipinski definition) is 8. The Bertz CT molecular complexity index is 649. The number of hydrogen-bond donors (Lipinski definition) is 1. The van der Waals surface area contributed by atoms with Crippen molar-refractivity contribution in [2.45, 2.75) is 6.54 Å². The molecule has 0 atom stereocenters. The van der Waals surface area contributed by atoms with Crippen LogP contribution >= 0.6 is 39.7 Å². The van der Waals surface area contributed by atoms with Gasteiger partial charge >= 0.3 is 0 Å². The minimum atomic E-state index is 0. The Labute approximate surface area is 153 Å². The lowest BCUT2D eigenvalue weighted by molar-refractivity contribution is 0.250. The summed E-state index contributed by atoms with van der Waals surface area (Å²) in [5.74, 6) is 1.27. The molecular formula is C13H18BrClN6OS. The van der Waals surface area contributed by atoms with Crippen molar-refractivity contribution in [3.05, 3.63) is 21.7 Å². The molecule has 0 spiro atoms. The summed E-state index contributed by atoms with van der Waals surface area (Å²) in [4.78, 5) is 18.7. The lowest BCUT2D eigenvalue weighted by Gasteiger charge is -2.34. The molecule has 2 N–H and O–H groups in total. The largest absolute Gasteiger partial charge is 0.480 e. The highest BCUT2D eigenvalue weighted by Crippen LogP contribution is 2.24. The van der Waals surface area contributed by atoms with Crippen LogP contribution in [0.25, 0.3) is 0 Å². The lowest BCUT2D eigenvalue weighted by atomic mass is 10.3. The second-order valence-corrected chi connectivity index (χ2v) is 6.96. The van der Waals surface area contributed by atoms with Gasteiger partial charge in [0.2, 0.25) is 11.8 Å². The van der Waals surface area contributed by atoms with Gasteiger partial charge in [-0.3, -0.25) is 4.90 Å². The van der Waals surface area contributed by atoms with Crippen LogP contribution in [0.5, 0.6) is 5.88 Å². The van der Waals surface area contributed by atoms with Crippen molar-refractivity contribution in [1.82, 2.24) is 19.9 Å². The van der Waals surface area contributed by atoms with E-state index >= 15 is 0 Å². The number of halogens is 2. The van der Waals surface area contributed by atoms with Crippen molar-refractivity contribution in [2.75, 3.05) is 43.9 Å². The predicted molar refractivity (Wildman–Crippen MR) is 97.5 cm³/mol. The van der Waals surface area contributed by atoms with E-state index in [0.29, 0.717) is 17.0 Å². The van der Waals surface area contributed by atoms with Gasteiger partial charge in [-0.25, -0.2) is 9.97 Å². The zero-order valence-electron chi connectivity index (χ0n) is 12.6. The third-order valence-corrected chi connectivity index (χ3v) is 4.85. The van der Waals surface area contributed by atoms with Gasteiger partial charge < -0.3 is 15.4 Å². The minimum absolute atomic E-state index is 0. The maximum atomic E-state index is 5.67. The van der Waals surface area contributed by atoms with Crippen LogP contribution in [0.3, 0.4) is 0 Å². The van der Waals surface area contributed by atoms with Crippen molar-refractivity contribution >= 4 is 50.8 Å². The molecule has 0 saturated carbocycles. The number of piperazine rings is 1. The van der Waals surface area contributed by atoms with E-state index in [1.54, 1.807) is 24.6 Å². The van der Waals surface area contributed by atoms with Crippen LogP contribution in [0, 0.1) is 0 Å². The summed E-state index contributed by atoms with van der Waals surface area (Å²) in [7, 11) is 1.61. The maximum absolute atomic E-state index is 5.67. The molecule has 23 heavy (non-hydrogen) atoms. The molecule has 0 bridgehead atoms. The fourth-order valence-corrected chi connectivity index (χ4v) is 3.44. The first kappa shape index (κ1) is 18.2. The SMILES string of the molecule is COc1nc(N2CCN(Cc3cnc(N)s3)CC2)ncc1Br.Cl. The van der Waals surface area contributed by atoms with Gasteiger partial charge in [-0.2, -0.15) is 4.98 Å². The molecule has 0 aromatic carbocycles. The fourth-order valence-electron chi connectivity index (χ4n) is 2.36. The Hall–Kier alpha value is -1.16. The fraction of sp³-hybridized carbons (Fsp3) is 0.462. The van der Waals surface area contributed by atoms with Crippen molar-refractivity contribution in [1.29, 1.82) is 0 Å².